The highest BCUT2D eigenvalue weighted by Crippen LogP contribution is 2.28. The fraction of sp³-hybridized carbons (Fsp3) is 0.500. The van der Waals surface area contributed by atoms with E-state index in [2.05, 4.69) is 15.3 Å². The van der Waals surface area contributed by atoms with Crippen molar-refractivity contribution in [2.75, 3.05) is 5.32 Å². The van der Waals surface area contributed by atoms with Gasteiger partial charge in [0.2, 0.25) is 5.82 Å². The highest BCUT2D eigenvalue weighted by atomic mass is 35.5. The van der Waals surface area contributed by atoms with Crippen LogP contribution in [-0.2, 0) is 10.9 Å². The molecule has 0 unspecified atom stereocenters. The van der Waals surface area contributed by atoms with Gasteiger partial charge in [-0.3, -0.25) is 5.32 Å². The number of halogens is 4. The summed E-state index contributed by atoms with van der Waals surface area (Å²) in [6.45, 7) is 4.84. The minimum absolute atomic E-state index is 0.387. The number of nitrogens with one attached hydrogen (secondary N) is 1. The van der Waals surface area contributed by atoms with Crippen molar-refractivity contribution in [3.63, 3.8) is 0 Å². The Kier molecular flexibility index (Phi) is 4.24. The molecule has 1 aromatic rings. The van der Waals surface area contributed by atoms with Crippen LogP contribution in [0.5, 0.6) is 0 Å². The first-order chi connectivity index (χ1) is 8.47. The van der Waals surface area contributed by atoms with Crippen molar-refractivity contribution in [2.24, 2.45) is 0 Å². The summed E-state index contributed by atoms with van der Waals surface area (Å²) in [5.74, 6) is -1.83. The summed E-state index contributed by atoms with van der Waals surface area (Å²) in [4.78, 5) is 17.5. The minimum atomic E-state index is -4.75. The van der Waals surface area contributed by atoms with E-state index >= 15 is 0 Å². The molecule has 0 saturated heterocycles. The standard InChI is InChI=1S/C10H11ClF3N3O2/c1-9(2,3)19-8(18)17-6-4-5(11)15-7(16-6)10(12,13)14/h4H,1-3H3,(H,15,16,17,18). The van der Waals surface area contributed by atoms with Crippen LogP contribution in [0, 0.1) is 0 Å². The van der Waals surface area contributed by atoms with Gasteiger partial charge in [0, 0.05) is 6.07 Å². The molecule has 1 heterocycles. The van der Waals surface area contributed by atoms with E-state index in [9.17, 15) is 18.0 Å². The molecule has 0 fully saturated rings. The molecule has 1 aromatic heterocycles. The highest BCUT2D eigenvalue weighted by Gasteiger charge is 2.35. The van der Waals surface area contributed by atoms with E-state index in [0.717, 1.165) is 6.07 Å². The molecule has 1 rings (SSSR count). The molecule has 0 aliphatic heterocycles. The molecule has 0 aliphatic rings. The summed E-state index contributed by atoms with van der Waals surface area (Å²) in [7, 11) is 0. The molecule has 9 heteroatoms. The Morgan fingerprint density at radius 1 is 1.32 bits per heavy atom. The molecule has 0 aliphatic carbocycles. The fourth-order valence-electron chi connectivity index (χ4n) is 1.02. The zero-order chi connectivity index (χ0) is 14.8. The molecule has 1 N–H and O–H groups in total. The van der Waals surface area contributed by atoms with Crippen LogP contribution in [-0.4, -0.2) is 21.7 Å². The molecule has 1 amide bonds. The Hall–Kier alpha value is -1.57. The van der Waals surface area contributed by atoms with Gasteiger partial charge in [-0.2, -0.15) is 13.2 Å². The summed E-state index contributed by atoms with van der Waals surface area (Å²) in [6.07, 6.45) is -5.69. The van der Waals surface area contributed by atoms with Crippen molar-refractivity contribution >= 4 is 23.5 Å². The SMILES string of the molecule is CC(C)(C)OC(=O)Nc1cc(Cl)nc(C(F)(F)F)n1. The van der Waals surface area contributed by atoms with Crippen molar-refractivity contribution in [1.29, 1.82) is 0 Å². The third-order valence-corrected chi connectivity index (χ3v) is 1.77. The van der Waals surface area contributed by atoms with E-state index in [1.807, 2.05) is 0 Å². The molecule has 0 saturated carbocycles. The van der Waals surface area contributed by atoms with Crippen LogP contribution in [0.2, 0.25) is 5.15 Å². The molecule has 0 radical (unpaired) electrons. The Labute approximate surface area is 112 Å². The van der Waals surface area contributed by atoms with Crippen LogP contribution in [0.1, 0.15) is 26.6 Å². The molecular weight excluding hydrogens is 287 g/mol. The van der Waals surface area contributed by atoms with Crippen LogP contribution in [0.3, 0.4) is 0 Å². The van der Waals surface area contributed by atoms with Crippen molar-refractivity contribution < 1.29 is 22.7 Å². The summed E-state index contributed by atoms with van der Waals surface area (Å²) in [5.41, 5.74) is -0.784. The number of ether oxygens (including phenoxy) is 1. The number of hydrogen-bond donors (Lipinski definition) is 1. The first-order valence-corrected chi connectivity index (χ1v) is 5.47. The normalized spacial score (nSPS) is 12.2. The number of alkyl halides is 3. The first kappa shape index (κ1) is 15.5. The van der Waals surface area contributed by atoms with Gasteiger partial charge in [0.1, 0.15) is 16.6 Å². The van der Waals surface area contributed by atoms with Crippen molar-refractivity contribution in [3.8, 4) is 0 Å². The lowest BCUT2D eigenvalue weighted by molar-refractivity contribution is -0.144. The number of carbonyl (C=O) groups excluding carboxylic acids is 1. The van der Waals surface area contributed by atoms with Crippen LogP contribution < -0.4 is 5.32 Å². The maximum Gasteiger partial charge on any atom is 0.451 e. The second-order valence-corrected chi connectivity index (χ2v) is 4.91. The molecule has 0 atom stereocenters. The Morgan fingerprint density at radius 3 is 2.37 bits per heavy atom. The third kappa shape index (κ3) is 5.29. The van der Waals surface area contributed by atoms with E-state index in [1.54, 1.807) is 20.8 Å². The van der Waals surface area contributed by atoms with E-state index in [4.69, 9.17) is 16.3 Å². The molecule has 106 valence electrons. The lowest BCUT2D eigenvalue weighted by atomic mass is 10.2. The van der Waals surface area contributed by atoms with Gasteiger partial charge >= 0.3 is 12.3 Å². The van der Waals surface area contributed by atoms with Crippen LogP contribution >= 0.6 is 11.6 Å². The maximum absolute atomic E-state index is 12.4. The summed E-state index contributed by atoms with van der Waals surface area (Å²) >= 11 is 5.43. The predicted molar refractivity (Wildman–Crippen MR) is 61.9 cm³/mol. The zero-order valence-corrected chi connectivity index (χ0v) is 11.1. The largest absolute Gasteiger partial charge is 0.451 e. The quantitative estimate of drug-likeness (QED) is 0.806. The van der Waals surface area contributed by atoms with Crippen molar-refractivity contribution in [3.05, 3.63) is 17.0 Å². The molecule has 0 aromatic carbocycles. The van der Waals surface area contributed by atoms with Gasteiger partial charge in [0.15, 0.2) is 0 Å². The van der Waals surface area contributed by atoms with Gasteiger partial charge in [-0.1, -0.05) is 11.6 Å². The topological polar surface area (TPSA) is 64.1 Å². The second kappa shape index (κ2) is 5.20. The number of anilines is 1. The van der Waals surface area contributed by atoms with Crippen molar-refractivity contribution in [2.45, 2.75) is 32.5 Å². The monoisotopic (exact) mass is 297 g/mol. The van der Waals surface area contributed by atoms with E-state index in [0.29, 0.717) is 0 Å². The van der Waals surface area contributed by atoms with E-state index in [-0.39, 0.29) is 5.82 Å². The predicted octanol–water partition coefficient (Wildman–Crippen LogP) is 3.50. The fourth-order valence-corrected chi connectivity index (χ4v) is 1.20. The number of nitrogens with zero attached hydrogens (tertiary/aromatic N) is 2. The molecule has 0 spiro atoms. The number of hydrogen-bond acceptors (Lipinski definition) is 4. The lowest BCUT2D eigenvalue weighted by Crippen LogP contribution is -2.27. The van der Waals surface area contributed by atoms with Crippen LogP contribution in [0.25, 0.3) is 0 Å². The summed E-state index contributed by atoms with van der Waals surface area (Å²) in [6, 6.07) is 0.987. The van der Waals surface area contributed by atoms with Gasteiger partial charge in [-0.25, -0.2) is 14.8 Å². The molecular formula is C10H11ClF3N3O2. The number of amides is 1. The first-order valence-electron chi connectivity index (χ1n) is 5.09. The molecule has 19 heavy (non-hydrogen) atoms. The minimum Gasteiger partial charge on any atom is -0.444 e. The number of carbonyl (C=O) groups is 1. The van der Waals surface area contributed by atoms with Crippen molar-refractivity contribution in [1.82, 2.24) is 9.97 Å². The second-order valence-electron chi connectivity index (χ2n) is 4.52. The van der Waals surface area contributed by atoms with E-state index in [1.165, 1.54) is 0 Å². The van der Waals surface area contributed by atoms with Gasteiger partial charge in [0.05, 0.1) is 0 Å². The van der Waals surface area contributed by atoms with Gasteiger partial charge in [0.25, 0.3) is 0 Å². The third-order valence-electron chi connectivity index (χ3n) is 1.58. The van der Waals surface area contributed by atoms with Gasteiger partial charge < -0.3 is 4.74 Å². The van der Waals surface area contributed by atoms with Gasteiger partial charge in [-0.15, -0.1) is 0 Å². The zero-order valence-electron chi connectivity index (χ0n) is 10.3. The smallest absolute Gasteiger partial charge is 0.444 e. The number of rotatable bonds is 1. The number of aromatic nitrogens is 2. The van der Waals surface area contributed by atoms with Crippen LogP contribution in [0.15, 0.2) is 6.07 Å². The van der Waals surface area contributed by atoms with Gasteiger partial charge in [-0.05, 0) is 20.8 Å². The Morgan fingerprint density at radius 2 is 1.89 bits per heavy atom. The van der Waals surface area contributed by atoms with Crippen LogP contribution in [0.4, 0.5) is 23.8 Å². The van der Waals surface area contributed by atoms with E-state index < -0.39 is 28.8 Å². The Balaban J connectivity index is 2.91. The Bertz CT molecular complexity index is 486. The summed E-state index contributed by atoms with van der Waals surface area (Å²) < 4.78 is 42.2. The highest BCUT2D eigenvalue weighted by molar-refractivity contribution is 6.29. The molecule has 5 nitrogen and oxygen atoms in total. The lowest BCUT2D eigenvalue weighted by Gasteiger charge is -2.19. The maximum atomic E-state index is 12.4. The average molecular weight is 298 g/mol. The molecule has 0 bridgehead atoms. The average Bonchev–Trinajstić information content (AvgIpc) is 2.11. The summed E-state index contributed by atoms with van der Waals surface area (Å²) in [5, 5.41) is 1.62.